The van der Waals surface area contributed by atoms with E-state index in [-0.39, 0.29) is 40.1 Å². The second kappa shape index (κ2) is 24.5. The summed E-state index contributed by atoms with van der Waals surface area (Å²) in [5.74, 6) is 0. The van der Waals surface area contributed by atoms with E-state index in [9.17, 15) is 0 Å². The molecule has 1 aromatic rings. The molecule has 0 unspecified atom stereocenters. The molecule has 0 aromatic heterocycles. The Hall–Kier alpha value is 0.284. The van der Waals surface area contributed by atoms with Gasteiger partial charge in [-0.05, 0) is 0 Å². The first kappa shape index (κ1) is 25.2. The molecule has 0 bridgehead atoms. The molecule has 93 valence electrons. The van der Waals surface area contributed by atoms with Crippen molar-refractivity contribution < 1.29 is 37.8 Å². The van der Waals surface area contributed by atoms with Crippen LogP contribution in [0.5, 0.6) is 0 Å². The summed E-state index contributed by atoms with van der Waals surface area (Å²) < 4.78 is 0. The molecule has 2 heteroatoms. The minimum absolute atomic E-state index is 0. The summed E-state index contributed by atoms with van der Waals surface area (Å²) in [5, 5.41) is 7.00. The maximum absolute atomic E-state index is 7.00. The molecule has 0 aliphatic heterocycles. The first-order chi connectivity index (χ1) is 6.93. The number of hydrogen-bond donors (Lipinski definition) is 1. The Labute approximate surface area is 128 Å². The van der Waals surface area contributed by atoms with Crippen LogP contribution in [0.2, 0.25) is 0 Å². The molecule has 1 radical (unpaired) electrons. The Morgan fingerprint density at radius 3 is 1.88 bits per heavy atom. The van der Waals surface area contributed by atoms with E-state index in [0.717, 1.165) is 20.0 Å². The first-order valence-electron chi connectivity index (χ1n) is 5.24. The Bertz CT molecular complexity index is 175. The van der Waals surface area contributed by atoms with E-state index in [4.69, 9.17) is 5.11 Å². The normalized spacial score (nSPS) is 6.81. The minimum atomic E-state index is 0. The number of unbranched alkanes of at least 4 members (excludes halogenated alkanes) is 1. The van der Waals surface area contributed by atoms with Gasteiger partial charge in [-0.25, -0.2) is 0 Å². The number of aliphatic hydroxyl groups excluding tert-OH is 1. The third-order valence-corrected chi connectivity index (χ3v) is 1.51. The van der Waals surface area contributed by atoms with Crippen LogP contribution in [0.3, 0.4) is 0 Å². The van der Waals surface area contributed by atoms with Crippen LogP contribution in [-0.4, -0.2) is 12.2 Å². The van der Waals surface area contributed by atoms with Crippen molar-refractivity contribution in [2.75, 3.05) is 7.11 Å². The molecule has 0 aliphatic carbocycles. The SMILES string of the molecule is C.CC.CC[CH-]Cc1ccccc1.CO.[Y]. The van der Waals surface area contributed by atoms with Gasteiger partial charge in [-0.1, -0.05) is 64.1 Å². The summed E-state index contributed by atoms with van der Waals surface area (Å²) in [6.07, 6.45) is 4.56. The zero-order valence-corrected chi connectivity index (χ0v) is 13.2. The van der Waals surface area contributed by atoms with Gasteiger partial charge in [-0.15, -0.1) is 0 Å². The van der Waals surface area contributed by atoms with Gasteiger partial charge in [0.1, 0.15) is 0 Å². The van der Waals surface area contributed by atoms with Gasteiger partial charge >= 0.3 is 0 Å². The van der Waals surface area contributed by atoms with Crippen LogP contribution < -0.4 is 0 Å². The molecule has 1 nitrogen and oxygen atoms in total. The molecular formula is C14H27OY-. The van der Waals surface area contributed by atoms with Crippen LogP contribution in [0, 0.1) is 6.42 Å². The first-order valence-corrected chi connectivity index (χ1v) is 5.24. The second-order valence-corrected chi connectivity index (χ2v) is 2.39. The van der Waals surface area contributed by atoms with Gasteiger partial charge in [0.15, 0.2) is 0 Å². The van der Waals surface area contributed by atoms with Crippen LogP contribution in [0.15, 0.2) is 30.3 Å². The van der Waals surface area contributed by atoms with Crippen molar-refractivity contribution in [3.05, 3.63) is 42.3 Å². The van der Waals surface area contributed by atoms with E-state index < -0.39 is 0 Å². The van der Waals surface area contributed by atoms with Crippen LogP contribution in [0.25, 0.3) is 0 Å². The third-order valence-electron chi connectivity index (χ3n) is 1.51. The van der Waals surface area contributed by atoms with Gasteiger partial charge in [-0.2, -0.15) is 12.8 Å². The fraction of sp³-hybridized carbons (Fsp3) is 0.500. The van der Waals surface area contributed by atoms with Gasteiger partial charge in [0.2, 0.25) is 0 Å². The maximum Gasteiger partial charge on any atom is 0.0319 e. The van der Waals surface area contributed by atoms with E-state index in [1.54, 1.807) is 0 Å². The summed E-state index contributed by atoms with van der Waals surface area (Å²) in [6, 6.07) is 10.5. The van der Waals surface area contributed by atoms with Crippen molar-refractivity contribution >= 4 is 0 Å². The number of aliphatic hydroxyl groups is 1. The zero-order valence-electron chi connectivity index (χ0n) is 10.4. The summed E-state index contributed by atoms with van der Waals surface area (Å²) in [7, 11) is 1.00. The van der Waals surface area contributed by atoms with Crippen LogP contribution in [0.1, 0.15) is 40.2 Å². The number of benzene rings is 1. The van der Waals surface area contributed by atoms with Gasteiger partial charge in [0, 0.05) is 39.8 Å². The van der Waals surface area contributed by atoms with Crippen molar-refractivity contribution in [1.82, 2.24) is 0 Å². The quantitative estimate of drug-likeness (QED) is 0.833. The van der Waals surface area contributed by atoms with Crippen molar-refractivity contribution in [2.45, 2.75) is 41.0 Å². The monoisotopic (exact) mass is 300 g/mol. The molecule has 0 saturated carbocycles. The van der Waals surface area contributed by atoms with Crippen molar-refractivity contribution in [3.8, 4) is 0 Å². The molecule has 1 aromatic carbocycles. The average molecular weight is 300 g/mol. The Morgan fingerprint density at radius 1 is 1.06 bits per heavy atom. The van der Waals surface area contributed by atoms with Gasteiger partial charge in [-0.3, -0.25) is 0 Å². The number of hydrogen-bond acceptors (Lipinski definition) is 1. The Morgan fingerprint density at radius 2 is 1.50 bits per heavy atom. The summed E-state index contributed by atoms with van der Waals surface area (Å²) in [4.78, 5) is 0. The largest absolute Gasteiger partial charge is 0.400 e. The Kier molecular flexibility index (Phi) is 38.6. The van der Waals surface area contributed by atoms with Crippen molar-refractivity contribution in [3.63, 3.8) is 0 Å². The predicted octanol–water partition coefficient (Wildman–Crippen LogP) is 4.11. The summed E-state index contributed by atoms with van der Waals surface area (Å²) >= 11 is 0. The maximum atomic E-state index is 7.00. The van der Waals surface area contributed by atoms with Crippen LogP contribution >= 0.6 is 0 Å². The molecule has 1 N–H and O–H groups in total. The fourth-order valence-corrected chi connectivity index (χ4v) is 0.925. The van der Waals surface area contributed by atoms with E-state index in [1.165, 1.54) is 5.56 Å². The standard InChI is InChI=1S/C10H13.C2H6.CH4O.CH4.Y/c1-2-3-7-10-8-5-4-6-9-10;2*1-2;;/h3-6,8-9H,2,7H2,1H3;1-2H3;2H,1H3;1H4;/q-1;;;;. The third kappa shape index (κ3) is 16.7. The van der Waals surface area contributed by atoms with Crippen LogP contribution in [-0.2, 0) is 39.1 Å². The van der Waals surface area contributed by atoms with Crippen molar-refractivity contribution in [1.29, 1.82) is 0 Å². The molecule has 0 spiro atoms. The zero-order chi connectivity index (χ0) is 11.2. The molecule has 0 heterocycles. The van der Waals surface area contributed by atoms with E-state index in [0.29, 0.717) is 0 Å². The van der Waals surface area contributed by atoms with Crippen molar-refractivity contribution in [2.24, 2.45) is 0 Å². The van der Waals surface area contributed by atoms with Crippen LogP contribution in [0.4, 0.5) is 0 Å². The summed E-state index contributed by atoms with van der Waals surface area (Å²) in [6.45, 7) is 6.17. The molecule has 0 fully saturated rings. The molecule has 0 atom stereocenters. The van der Waals surface area contributed by atoms with Gasteiger partial charge < -0.3 is 11.5 Å². The molecule has 0 amide bonds. The van der Waals surface area contributed by atoms with E-state index >= 15 is 0 Å². The minimum Gasteiger partial charge on any atom is -0.400 e. The van der Waals surface area contributed by atoms with E-state index in [1.807, 2.05) is 13.8 Å². The van der Waals surface area contributed by atoms with E-state index in [2.05, 4.69) is 43.7 Å². The molecule has 0 saturated heterocycles. The van der Waals surface area contributed by atoms with Gasteiger partial charge in [0.05, 0.1) is 0 Å². The predicted molar refractivity (Wildman–Crippen MR) is 71.0 cm³/mol. The Balaban J connectivity index is -0.000000109. The topological polar surface area (TPSA) is 20.2 Å². The van der Waals surface area contributed by atoms with Gasteiger partial charge in [0.25, 0.3) is 0 Å². The molecular weight excluding hydrogens is 273 g/mol. The second-order valence-electron chi connectivity index (χ2n) is 2.39. The summed E-state index contributed by atoms with van der Waals surface area (Å²) in [5.41, 5.74) is 1.41. The number of rotatable bonds is 3. The molecule has 0 aliphatic rings. The fourth-order valence-electron chi connectivity index (χ4n) is 0.925. The molecule has 16 heavy (non-hydrogen) atoms. The smallest absolute Gasteiger partial charge is 0.0319 e. The molecule has 1 rings (SSSR count). The average Bonchev–Trinajstić information content (AvgIpc) is 2.33.